The Morgan fingerprint density at radius 2 is 2.32 bits per heavy atom. The molecule has 0 atom stereocenters. The van der Waals surface area contributed by atoms with E-state index in [1.165, 1.54) is 12.1 Å². The second kappa shape index (κ2) is 6.47. The van der Waals surface area contributed by atoms with Crippen LogP contribution in [0.2, 0.25) is 0 Å². The molecule has 0 spiro atoms. The summed E-state index contributed by atoms with van der Waals surface area (Å²) in [5.74, 6) is -0.0483. The van der Waals surface area contributed by atoms with Gasteiger partial charge in [0.25, 0.3) is 5.91 Å². The second-order valence-corrected chi connectivity index (χ2v) is 4.94. The van der Waals surface area contributed by atoms with Crippen LogP contribution >= 0.6 is 15.9 Å². The molecule has 1 aromatic heterocycles. The zero-order valence-corrected chi connectivity index (χ0v) is 11.7. The molecule has 0 saturated heterocycles. The average Bonchev–Trinajstić information content (AvgIpc) is 2.90. The van der Waals surface area contributed by atoms with Gasteiger partial charge in [-0.1, -0.05) is 15.9 Å². The smallest absolute Gasteiger partial charge is 0.254 e. The molecule has 0 aliphatic heterocycles. The fourth-order valence-electron chi connectivity index (χ4n) is 1.66. The second-order valence-electron chi connectivity index (χ2n) is 4.02. The number of nitrogens with zero attached hydrogens (tertiary/aromatic N) is 1. The Balaban J connectivity index is 1.82. The number of benzene rings is 1. The number of carbonyl (C=O) groups is 1. The molecule has 0 fully saturated rings. The number of imidazole rings is 1. The maximum atomic E-state index is 13.5. The van der Waals surface area contributed by atoms with Gasteiger partial charge in [0, 0.05) is 29.8 Å². The normalized spacial score (nSPS) is 10.4. The lowest BCUT2D eigenvalue weighted by Gasteiger charge is -2.06. The number of aromatic amines is 1. The van der Waals surface area contributed by atoms with Crippen molar-refractivity contribution < 1.29 is 9.18 Å². The molecule has 2 N–H and O–H groups in total. The van der Waals surface area contributed by atoms with Gasteiger partial charge in [0.1, 0.15) is 11.6 Å². The van der Waals surface area contributed by atoms with Crippen molar-refractivity contribution >= 4 is 21.8 Å². The van der Waals surface area contributed by atoms with Gasteiger partial charge in [0.2, 0.25) is 0 Å². The number of halogens is 2. The molecule has 0 aliphatic carbocycles. The summed E-state index contributed by atoms with van der Waals surface area (Å²) in [4.78, 5) is 18.8. The quantitative estimate of drug-likeness (QED) is 0.830. The zero-order chi connectivity index (χ0) is 13.7. The minimum Gasteiger partial charge on any atom is -0.352 e. The summed E-state index contributed by atoms with van der Waals surface area (Å²) in [6, 6.07) is 4.29. The number of rotatable bonds is 5. The fourth-order valence-corrected chi connectivity index (χ4v) is 2.02. The molecule has 4 nitrogen and oxygen atoms in total. The van der Waals surface area contributed by atoms with Crippen LogP contribution in [0.15, 0.2) is 35.1 Å². The molecular formula is C13H13BrFN3O. The average molecular weight is 326 g/mol. The predicted molar refractivity (Wildman–Crippen MR) is 73.3 cm³/mol. The summed E-state index contributed by atoms with van der Waals surface area (Å²) in [7, 11) is 0. The number of carbonyl (C=O) groups excluding carboxylic acids is 1. The van der Waals surface area contributed by atoms with Gasteiger partial charge in [-0.3, -0.25) is 4.79 Å². The highest BCUT2D eigenvalue weighted by Crippen LogP contribution is 2.15. The van der Waals surface area contributed by atoms with Crippen LogP contribution in [-0.4, -0.2) is 22.4 Å². The summed E-state index contributed by atoms with van der Waals surface area (Å²) < 4.78 is 14.1. The van der Waals surface area contributed by atoms with Crippen LogP contribution < -0.4 is 5.32 Å². The molecular weight excluding hydrogens is 313 g/mol. The Morgan fingerprint density at radius 3 is 3.05 bits per heavy atom. The van der Waals surface area contributed by atoms with Crippen LogP contribution in [0.1, 0.15) is 22.6 Å². The first kappa shape index (κ1) is 13.7. The number of aromatic nitrogens is 2. The van der Waals surface area contributed by atoms with Crippen LogP contribution in [0.25, 0.3) is 0 Å². The van der Waals surface area contributed by atoms with Crippen LogP contribution in [0.4, 0.5) is 4.39 Å². The first-order valence-corrected chi connectivity index (χ1v) is 6.67. The van der Waals surface area contributed by atoms with Crippen LogP contribution in [0.3, 0.4) is 0 Å². The van der Waals surface area contributed by atoms with E-state index in [0.717, 1.165) is 18.7 Å². The lowest BCUT2D eigenvalue weighted by molar-refractivity contribution is 0.0949. The molecule has 1 aromatic carbocycles. The van der Waals surface area contributed by atoms with Crippen molar-refractivity contribution in [1.29, 1.82) is 0 Å². The highest BCUT2D eigenvalue weighted by molar-refractivity contribution is 9.10. The molecule has 19 heavy (non-hydrogen) atoms. The van der Waals surface area contributed by atoms with E-state index >= 15 is 0 Å². The summed E-state index contributed by atoms with van der Waals surface area (Å²) in [5, 5.41) is 2.69. The topological polar surface area (TPSA) is 57.8 Å². The SMILES string of the molecule is O=C(NCCCc1ncc[nH]1)c1cc(Br)ccc1F. The lowest BCUT2D eigenvalue weighted by atomic mass is 10.2. The standard InChI is InChI=1S/C13H13BrFN3O/c14-9-3-4-11(15)10(8-9)13(19)18-5-1-2-12-16-6-7-17-12/h3-4,6-8H,1-2,5H2,(H,16,17)(H,18,19). The third-order valence-corrected chi connectivity index (χ3v) is 3.10. The van der Waals surface area contributed by atoms with Gasteiger partial charge in [-0.2, -0.15) is 0 Å². The third kappa shape index (κ3) is 3.89. The van der Waals surface area contributed by atoms with E-state index in [1.54, 1.807) is 18.5 Å². The van der Waals surface area contributed by atoms with E-state index in [9.17, 15) is 9.18 Å². The first-order valence-electron chi connectivity index (χ1n) is 5.88. The Labute approximate surface area is 118 Å². The van der Waals surface area contributed by atoms with Gasteiger partial charge >= 0.3 is 0 Å². The number of H-pyrrole nitrogens is 1. The maximum absolute atomic E-state index is 13.5. The van der Waals surface area contributed by atoms with E-state index in [-0.39, 0.29) is 5.56 Å². The van der Waals surface area contributed by atoms with Gasteiger partial charge in [0.15, 0.2) is 0 Å². The fraction of sp³-hybridized carbons (Fsp3) is 0.231. The zero-order valence-electron chi connectivity index (χ0n) is 10.1. The van der Waals surface area contributed by atoms with Crippen molar-refractivity contribution in [3.63, 3.8) is 0 Å². The largest absolute Gasteiger partial charge is 0.352 e. The van der Waals surface area contributed by atoms with Gasteiger partial charge in [0.05, 0.1) is 5.56 Å². The van der Waals surface area contributed by atoms with Crippen molar-refractivity contribution in [1.82, 2.24) is 15.3 Å². The van der Waals surface area contributed by atoms with E-state index in [4.69, 9.17) is 0 Å². The monoisotopic (exact) mass is 325 g/mol. The van der Waals surface area contributed by atoms with E-state index in [2.05, 4.69) is 31.2 Å². The molecule has 0 radical (unpaired) electrons. The molecule has 100 valence electrons. The molecule has 6 heteroatoms. The Bertz CT molecular complexity index is 557. The molecule has 2 rings (SSSR count). The Kier molecular flexibility index (Phi) is 4.68. The molecule has 0 saturated carbocycles. The van der Waals surface area contributed by atoms with Crippen molar-refractivity contribution in [2.75, 3.05) is 6.54 Å². The number of aryl methyl sites for hydroxylation is 1. The van der Waals surface area contributed by atoms with Crippen LogP contribution in [0.5, 0.6) is 0 Å². The van der Waals surface area contributed by atoms with Crippen molar-refractivity contribution in [3.05, 3.63) is 52.3 Å². The molecule has 0 aliphatic rings. The first-order chi connectivity index (χ1) is 9.16. The molecule has 0 bridgehead atoms. The lowest BCUT2D eigenvalue weighted by Crippen LogP contribution is -2.25. The van der Waals surface area contributed by atoms with E-state index in [1.807, 2.05) is 0 Å². The van der Waals surface area contributed by atoms with Crippen LogP contribution in [-0.2, 0) is 6.42 Å². The highest BCUT2D eigenvalue weighted by Gasteiger charge is 2.11. The number of hydrogen-bond donors (Lipinski definition) is 2. The number of hydrogen-bond acceptors (Lipinski definition) is 2. The summed E-state index contributed by atoms with van der Waals surface area (Å²) >= 11 is 3.21. The van der Waals surface area contributed by atoms with E-state index in [0.29, 0.717) is 11.0 Å². The van der Waals surface area contributed by atoms with Crippen molar-refractivity contribution in [2.24, 2.45) is 0 Å². The highest BCUT2D eigenvalue weighted by atomic mass is 79.9. The van der Waals surface area contributed by atoms with Crippen LogP contribution in [0, 0.1) is 5.82 Å². The number of nitrogens with one attached hydrogen (secondary N) is 2. The predicted octanol–water partition coefficient (Wildman–Crippen LogP) is 2.67. The maximum Gasteiger partial charge on any atom is 0.254 e. The van der Waals surface area contributed by atoms with Gasteiger partial charge in [-0.25, -0.2) is 9.37 Å². The molecule has 2 aromatic rings. The molecule has 1 heterocycles. The summed E-state index contributed by atoms with van der Waals surface area (Å²) in [6.07, 6.45) is 4.93. The van der Waals surface area contributed by atoms with Crippen molar-refractivity contribution in [2.45, 2.75) is 12.8 Å². The van der Waals surface area contributed by atoms with Crippen molar-refractivity contribution in [3.8, 4) is 0 Å². The Morgan fingerprint density at radius 1 is 1.47 bits per heavy atom. The summed E-state index contributed by atoms with van der Waals surface area (Å²) in [6.45, 7) is 0.478. The number of amides is 1. The summed E-state index contributed by atoms with van der Waals surface area (Å²) in [5.41, 5.74) is 0.0485. The minimum atomic E-state index is -0.522. The van der Waals surface area contributed by atoms with Gasteiger partial charge in [-0.05, 0) is 24.6 Å². The van der Waals surface area contributed by atoms with Gasteiger partial charge in [-0.15, -0.1) is 0 Å². The molecule has 0 unspecified atom stereocenters. The van der Waals surface area contributed by atoms with E-state index < -0.39 is 11.7 Å². The molecule has 1 amide bonds. The Hall–Kier alpha value is -1.69. The minimum absolute atomic E-state index is 0.0485. The third-order valence-electron chi connectivity index (χ3n) is 2.60. The van der Waals surface area contributed by atoms with Gasteiger partial charge < -0.3 is 10.3 Å².